The average molecular weight is 1150 g/mol. The van der Waals surface area contributed by atoms with E-state index in [-0.39, 0.29) is 31.9 Å². The van der Waals surface area contributed by atoms with Crippen LogP contribution in [0.25, 0.3) is 72.1 Å². The molecule has 3 heterocycles. The van der Waals surface area contributed by atoms with Gasteiger partial charge in [0.2, 0.25) is 0 Å². The van der Waals surface area contributed by atoms with E-state index in [0.29, 0.717) is 11.5 Å². The van der Waals surface area contributed by atoms with E-state index in [1.54, 1.807) is 0 Å². The molecule has 6 heteroatoms. The van der Waals surface area contributed by atoms with Gasteiger partial charge in [0.05, 0.1) is 0 Å². The van der Waals surface area contributed by atoms with E-state index in [1.807, 2.05) is 24.4 Å². The van der Waals surface area contributed by atoms with Gasteiger partial charge in [-0.05, 0) is 104 Å². The Morgan fingerprint density at radius 1 is 0.480 bits per heavy atom. The van der Waals surface area contributed by atoms with Gasteiger partial charge in [0.15, 0.2) is 0 Å². The molecule has 0 fully saturated rings. The fourth-order valence-electron chi connectivity index (χ4n) is 10.3. The maximum Gasteiger partial charge on any atom is 0.135 e. The third kappa shape index (κ3) is 9.47. The molecule has 11 aromatic rings. The van der Waals surface area contributed by atoms with E-state index < -0.39 is 0 Å². The van der Waals surface area contributed by atoms with Crippen LogP contribution in [0.2, 0.25) is 0 Å². The van der Waals surface area contributed by atoms with Crippen molar-refractivity contribution in [2.75, 3.05) is 9.80 Å². The third-order valence-electron chi connectivity index (χ3n) is 14.4. The van der Waals surface area contributed by atoms with Crippen molar-refractivity contribution in [1.29, 1.82) is 0 Å². The minimum absolute atomic E-state index is 0. The molecule has 0 unspecified atom stereocenters. The summed E-state index contributed by atoms with van der Waals surface area (Å²) >= 11 is 0. The molecule has 75 heavy (non-hydrogen) atoms. The van der Waals surface area contributed by atoms with E-state index in [4.69, 9.17) is 9.72 Å². The van der Waals surface area contributed by atoms with Crippen LogP contribution in [0.15, 0.2) is 212 Å². The quantitative estimate of drug-likeness (QED) is 0.135. The number of aryl methyl sites for hydroxylation is 1. The summed E-state index contributed by atoms with van der Waals surface area (Å²) in [5.74, 6) is 1.98. The third-order valence-corrected chi connectivity index (χ3v) is 14.4. The SMILES string of the molecule is Cc1cc(-n2c3[c-]c(Oc4[c-]c(N5[CH-]N(c6cc(-c7ccccc7)cc(C(C)(C)C)c6)c6c(-c7ccccc7)cccc65)ccc4)ccc3c3cc(-c4ccccc4)ccc32)ncc1-c1cccc(C(C)(C)C)c1.[Pt]. The molecule has 0 amide bonds. The fourth-order valence-corrected chi connectivity index (χ4v) is 10.3. The number of hydrogen-bond acceptors (Lipinski definition) is 4. The van der Waals surface area contributed by atoms with Crippen LogP contribution in [0.1, 0.15) is 58.2 Å². The molecule has 0 aliphatic carbocycles. The van der Waals surface area contributed by atoms with Crippen molar-refractivity contribution >= 4 is 44.6 Å². The molecule has 372 valence electrons. The molecule has 0 bridgehead atoms. The summed E-state index contributed by atoms with van der Waals surface area (Å²) in [6.45, 7) is 18.0. The molecule has 0 N–H and O–H groups in total. The zero-order chi connectivity index (χ0) is 50.7. The zero-order valence-corrected chi connectivity index (χ0v) is 45.6. The molecule has 1 aliphatic rings. The van der Waals surface area contributed by atoms with Gasteiger partial charge in [0, 0.05) is 72.5 Å². The second kappa shape index (κ2) is 19.7. The van der Waals surface area contributed by atoms with Crippen LogP contribution in [-0.4, -0.2) is 9.55 Å². The van der Waals surface area contributed by atoms with Gasteiger partial charge in [-0.2, -0.15) is 12.1 Å². The van der Waals surface area contributed by atoms with Crippen LogP contribution >= 0.6 is 0 Å². The number of para-hydroxylation sites is 1. The number of ether oxygens (including phenoxy) is 1. The molecule has 0 radical (unpaired) electrons. The molecule has 0 spiro atoms. The topological polar surface area (TPSA) is 33.5 Å². The van der Waals surface area contributed by atoms with Gasteiger partial charge in [-0.15, -0.1) is 48.1 Å². The van der Waals surface area contributed by atoms with Gasteiger partial charge in [0.25, 0.3) is 0 Å². The Morgan fingerprint density at radius 3 is 1.83 bits per heavy atom. The number of benzene rings is 9. The van der Waals surface area contributed by atoms with Crippen LogP contribution in [0, 0.1) is 25.7 Å². The first-order valence-corrected chi connectivity index (χ1v) is 25.5. The van der Waals surface area contributed by atoms with Crippen molar-refractivity contribution in [2.24, 2.45) is 0 Å². The molecule has 12 rings (SSSR count). The van der Waals surface area contributed by atoms with Crippen LogP contribution in [0.3, 0.4) is 0 Å². The molecule has 9 aromatic carbocycles. The Kier molecular flexibility index (Phi) is 12.9. The average Bonchev–Trinajstić information content (AvgIpc) is 3.97. The minimum atomic E-state index is -0.0844. The number of hydrogen-bond donors (Lipinski definition) is 0. The van der Waals surface area contributed by atoms with Crippen molar-refractivity contribution in [3.8, 4) is 61.8 Å². The minimum Gasteiger partial charge on any atom is -0.509 e. The molecular weight excluding hydrogens is 1100 g/mol. The summed E-state index contributed by atoms with van der Waals surface area (Å²) in [5, 5.41) is 2.18. The van der Waals surface area contributed by atoms with Crippen LogP contribution in [-0.2, 0) is 31.9 Å². The number of anilines is 4. The molecule has 2 aromatic heterocycles. The van der Waals surface area contributed by atoms with Gasteiger partial charge in [0.1, 0.15) is 5.82 Å². The molecule has 0 atom stereocenters. The van der Waals surface area contributed by atoms with Gasteiger partial charge < -0.3 is 19.1 Å². The predicted octanol–water partition coefficient (Wildman–Crippen LogP) is 18.5. The Balaban J connectivity index is 0.00000602. The van der Waals surface area contributed by atoms with Crippen molar-refractivity contribution in [3.05, 3.63) is 248 Å². The fraction of sp³-hybridized carbons (Fsp3) is 0.130. The van der Waals surface area contributed by atoms with Crippen molar-refractivity contribution in [3.63, 3.8) is 0 Å². The number of rotatable bonds is 9. The summed E-state index contributed by atoms with van der Waals surface area (Å²) in [7, 11) is 0. The van der Waals surface area contributed by atoms with Gasteiger partial charge in [-0.25, -0.2) is 4.98 Å². The van der Waals surface area contributed by atoms with Crippen LogP contribution in [0.5, 0.6) is 11.5 Å². The molecular formula is C69H57N4OPt-3. The summed E-state index contributed by atoms with van der Waals surface area (Å²) < 4.78 is 9.04. The van der Waals surface area contributed by atoms with Gasteiger partial charge >= 0.3 is 0 Å². The first-order valence-electron chi connectivity index (χ1n) is 25.5. The number of pyridine rings is 1. The van der Waals surface area contributed by atoms with Crippen molar-refractivity contribution in [2.45, 2.75) is 59.3 Å². The van der Waals surface area contributed by atoms with E-state index in [2.05, 4.69) is 270 Å². The summed E-state index contributed by atoms with van der Waals surface area (Å²) in [4.78, 5) is 9.76. The largest absolute Gasteiger partial charge is 0.509 e. The molecule has 0 saturated heterocycles. The zero-order valence-electron chi connectivity index (χ0n) is 43.3. The van der Waals surface area contributed by atoms with E-state index in [0.717, 1.165) is 89.3 Å². The molecule has 1 aliphatic heterocycles. The Bertz CT molecular complexity index is 3890. The van der Waals surface area contributed by atoms with Crippen molar-refractivity contribution < 1.29 is 25.8 Å². The number of nitrogens with zero attached hydrogens (tertiary/aromatic N) is 4. The normalized spacial score (nSPS) is 12.5. The van der Waals surface area contributed by atoms with E-state index in [1.165, 1.54) is 22.3 Å². The summed E-state index contributed by atoms with van der Waals surface area (Å²) in [5.41, 5.74) is 18.9. The first kappa shape index (κ1) is 49.2. The smallest absolute Gasteiger partial charge is 0.135 e. The second-order valence-corrected chi connectivity index (χ2v) is 21.5. The Hall–Kier alpha value is -7.98. The Morgan fingerprint density at radius 2 is 1.12 bits per heavy atom. The second-order valence-electron chi connectivity index (χ2n) is 21.5. The summed E-state index contributed by atoms with van der Waals surface area (Å²) in [6, 6.07) is 80.8. The Labute approximate surface area is 456 Å². The standard InChI is InChI=1S/C69H57N4O.Pt/c1-46-36-66(70-44-62(46)51-26-17-27-53(37-51)68(2,3)4)73-63-35-32-50(47-20-11-8-12-21-47)40-61(63)60-34-33-58(43-65(60)73)74-57-29-18-28-55(42-57)71-45-72(67-59(30-19-31-64(67)71)49-24-15-10-16-25-49)56-39-52(48-22-13-9-14-23-48)38-54(41-56)69(5,6)7;/h8-41,44-45H,1-7H3;/q-3;. The van der Waals surface area contributed by atoms with E-state index in [9.17, 15) is 0 Å². The number of aromatic nitrogens is 2. The maximum absolute atomic E-state index is 6.82. The van der Waals surface area contributed by atoms with Crippen molar-refractivity contribution in [1.82, 2.24) is 9.55 Å². The molecule has 0 saturated carbocycles. The van der Waals surface area contributed by atoms with E-state index >= 15 is 0 Å². The predicted molar refractivity (Wildman–Crippen MR) is 308 cm³/mol. The summed E-state index contributed by atoms with van der Waals surface area (Å²) in [6.07, 6.45) is 2.02. The molecule has 5 nitrogen and oxygen atoms in total. The van der Waals surface area contributed by atoms with Gasteiger partial charge in [-0.3, -0.25) is 0 Å². The van der Waals surface area contributed by atoms with Gasteiger partial charge in [-0.1, -0.05) is 193 Å². The van der Waals surface area contributed by atoms with Crippen LogP contribution < -0.4 is 14.5 Å². The number of fused-ring (bicyclic) bond motifs is 4. The monoisotopic (exact) mass is 1150 g/mol. The van der Waals surface area contributed by atoms with Crippen LogP contribution in [0.4, 0.5) is 22.7 Å². The maximum atomic E-state index is 6.82. The first-order chi connectivity index (χ1) is 35.8.